The molecule has 1 atom stereocenters. The van der Waals surface area contributed by atoms with Crippen molar-refractivity contribution in [1.82, 2.24) is 0 Å². The molecule has 1 aliphatic heterocycles. The maximum absolute atomic E-state index is 12.4. The van der Waals surface area contributed by atoms with Crippen LogP contribution in [0.5, 0.6) is 0 Å². The van der Waals surface area contributed by atoms with Crippen LogP contribution in [0.3, 0.4) is 0 Å². The van der Waals surface area contributed by atoms with Crippen LogP contribution in [0.2, 0.25) is 0 Å². The average Bonchev–Trinajstić information content (AvgIpc) is 3.10. The molecule has 1 aliphatic rings. The van der Waals surface area contributed by atoms with Gasteiger partial charge in [0.1, 0.15) is 0 Å². The van der Waals surface area contributed by atoms with Crippen molar-refractivity contribution >= 4 is 35.1 Å². The second kappa shape index (κ2) is 9.35. The Morgan fingerprint density at radius 2 is 1.77 bits per heavy atom. The number of esters is 1. The Kier molecular flexibility index (Phi) is 6.61. The van der Waals surface area contributed by atoms with E-state index in [1.165, 1.54) is 12.1 Å². The number of rotatable bonds is 7. The first-order valence-corrected chi connectivity index (χ1v) is 9.92. The highest BCUT2D eigenvalue weighted by atomic mass is 16.5. The smallest absolute Gasteiger partial charge is 0.338 e. The zero-order chi connectivity index (χ0) is 21.7. The molecule has 0 bridgehead atoms. The summed E-state index contributed by atoms with van der Waals surface area (Å²) in [6.45, 7) is 3.70. The van der Waals surface area contributed by atoms with Gasteiger partial charge in [0, 0.05) is 18.5 Å². The van der Waals surface area contributed by atoms with Gasteiger partial charge in [-0.05, 0) is 42.2 Å². The van der Waals surface area contributed by atoms with E-state index in [1.54, 1.807) is 12.1 Å². The maximum atomic E-state index is 12.4. The fourth-order valence-electron chi connectivity index (χ4n) is 3.30. The lowest BCUT2D eigenvalue weighted by Crippen LogP contribution is -2.28. The van der Waals surface area contributed by atoms with E-state index in [-0.39, 0.29) is 36.1 Å². The van der Waals surface area contributed by atoms with Crippen LogP contribution in [-0.4, -0.2) is 30.3 Å². The van der Waals surface area contributed by atoms with Gasteiger partial charge < -0.3 is 10.1 Å². The molecule has 7 heteroatoms. The number of hydrogen-bond acceptors (Lipinski definition) is 5. The van der Waals surface area contributed by atoms with E-state index < -0.39 is 18.5 Å². The van der Waals surface area contributed by atoms with E-state index in [4.69, 9.17) is 4.74 Å². The molecular formula is C23H24N2O5. The van der Waals surface area contributed by atoms with E-state index in [1.807, 2.05) is 24.3 Å². The molecule has 3 rings (SSSR count). The number of nitrogens with one attached hydrogen (secondary N) is 1. The zero-order valence-corrected chi connectivity index (χ0v) is 17.0. The van der Waals surface area contributed by atoms with Crippen LogP contribution in [0.15, 0.2) is 48.5 Å². The Morgan fingerprint density at radius 1 is 1.07 bits per heavy atom. The second-order valence-corrected chi connectivity index (χ2v) is 7.19. The van der Waals surface area contributed by atoms with E-state index >= 15 is 0 Å². The predicted octanol–water partition coefficient (Wildman–Crippen LogP) is 3.65. The lowest BCUT2D eigenvalue weighted by atomic mass is 9.97. The fraction of sp³-hybridized carbons (Fsp3) is 0.304. The van der Waals surface area contributed by atoms with E-state index in [2.05, 4.69) is 19.2 Å². The number of amides is 3. The van der Waals surface area contributed by atoms with Crippen molar-refractivity contribution in [3.8, 4) is 0 Å². The first kappa shape index (κ1) is 21.2. The van der Waals surface area contributed by atoms with Gasteiger partial charge in [0.2, 0.25) is 11.8 Å². The molecule has 0 radical (unpaired) electrons. The number of anilines is 2. The molecule has 1 N–H and O–H groups in total. The first-order valence-electron chi connectivity index (χ1n) is 9.92. The Morgan fingerprint density at radius 3 is 2.47 bits per heavy atom. The van der Waals surface area contributed by atoms with Gasteiger partial charge in [-0.1, -0.05) is 38.1 Å². The third-order valence-electron chi connectivity index (χ3n) is 5.10. The monoisotopic (exact) mass is 408 g/mol. The molecule has 1 saturated heterocycles. The molecule has 156 valence electrons. The third kappa shape index (κ3) is 4.74. The summed E-state index contributed by atoms with van der Waals surface area (Å²) in [5, 5.41) is 2.79. The van der Waals surface area contributed by atoms with Gasteiger partial charge in [0.25, 0.3) is 5.91 Å². The number of imide groups is 1. The highest BCUT2D eigenvalue weighted by Gasteiger charge is 2.30. The molecule has 1 heterocycles. The van der Waals surface area contributed by atoms with Crippen LogP contribution in [0.1, 0.15) is 54.9 Å². The Labute approximate surface area is 175 Å². The van der Waals surface area contributed by atoms with Crippen molar-refractivity contribution in [2.75, 3.05) is 16.8 Å². The van der Waals surface area contributed by atoms with Crippen LogP contribution < -0.4 is 10.2 Å². The van der Waals surface area contributed by atoms with E-state index in [0.717, 1.165) is 16.9 Å². The lowest BCUT2D eigenvalue weighted by molar-refractivity contribution is -0.121. The number of hydrogen-bond donors (Lipinski definition) is 1. The Hall–Kier alpha value is -3.48. The normalized spacial score (nSPS) is 14.5. The maximum Gasteiger partial charge on any atom is 0.338 e. The van der Waals surface area contributed by atoms with Gasteiger partial charge in [0.15, 0.2) is 6.61 Å². The average molecular weight is 408 g/mol. The van der Waals surface area contributed by atoms with Crippen molar-refractivity contribution in [2.24, 2.45) is 0 Å². The minimum absolute atomic E-state index is 0.159. The summed E-state index contributed by atoms with van der Waals surface area (Å²) in [5.74, 6) is -1.47. The summed E-state index contributed by atoms with van der Waals surface area (Å²) in [5.41, 5.74) is 2.20. The van der Waals surface area contributed by atoms with Crippen molar-refractivity contribution in [3.05, 3.63) is 59.7 Å². The number of carbonyl (C=O) groups excluding carboxylic acids is 4. The molecule has 2 aromatic rings. The molecule has 3 amide bonds. The molecule has 0 unspecified atom stereocenters. The molecule has 0 aromatic heterocycles. The summed E-state index contributed by atoms with van der Waals surface area (Å²) >= 11 is 0. The molecular weight excluding hydrogens is 384 g/mol. The lowest BCUT2D eigenvalue weighted by Gasteiger charge is -2.16. The molecule has 0 aliphatic carbocycles. The molecule has 2 aromatic carbocycles. The summed E-state index contributed by atoms with van der Waals surface area (Å²) in [6, 6.07) is 13.6. The van der Waals surface area contributed by atoms with Crippen molar-refractivity contribution in [1.29, 1.82) is 0 Å². The van der Waals surface area contributed by atoms with Gasteiger partial charge in [-0.3, -0.25) is 19.3 Å². The quantitative estimate of drug-likeness (QED) is 0.558. The molecule has 1 fully saturated rings. The number of benzene rings is 2. The number of ether oxygens (including phenoxy) is 1. The minimum atomic E-state index is -0.707. The molecule has 0 spiro atoms. The summed E-state index contributed by atoms with van der Waals surface area (Å²) in [4.78, 5) is 49.5. The third-order valence-corrected chi connectivity index (χ3v) is 5.10. The van der Waals surface area contributed by atoms with Crippen LogP contribution in [0.4, 0.5) is 11.4 Å². The minimum Gasteiger partial charge on any atom is -0.452 e. The number of para-hydroxylation sites is 1. The standard InChI is InChI=1S/C23H24N2O5/c1-3-15(2)18-9-4-5-10-19(18)24-20(26)14-30-23(29)16-7-6-8-17(13-16)25-21(27)11-12-22(25)28/h4-10,13,15H,3,11-12,14H2,1-2H3,(H,24,26)/t15-/m0/s1. The summed E-state index contributed by atoms with van der Waals surface area (Å²) in [7, 11) is 0. The van der Waals surface area contributed by atoms with Crippen molar-refractivity contribution < 1.29 is 23.9 Å². The largest absolute Gasteiger partial charge is 0.452 e. The van der Waals surface area contributed by atoms with Gasteiger partial charge in [-0.25, -0.2) is 4.79 Å². The fourth-order valence-corrected chi connectivity index (χ4v) is 3.30. The zero-order valence-electron chi connectivity index (χ0n) is 17.0. The summed E-state index contributed by atoms with van der Waals surface area (Å²) in [6.07, 6.45) is 1.25. The van der Waals surface area contributed by atoms with Crippen molar-refractivity contribution in [3.63, 3.8) is 0 Å². The van der Waals surface area contributed by atoms with Gasteiger partial charge >= 0.3 is 5.97 Å². The highest BCUT2D eigenvalue weighted by molar-refractivity contribution is 6.20. The van der Waals surface area contributed by atoms with E-state index in [0.29, 0.717) is 11.4 Å². The topological polar surface area (TPSA) is 92.8 Å². The molecule has 30 heavy (non-hydrogen) atoms. The SMILES string of the molecule is CC[C@H](C)c1ccccc1NC(=O)COC(=O)c1cccc(N2C(=O)CCC2=O)c1. The summed E-state index contributed by atoms with van der Waals surface area (Å²) < 4.78 is 5.12. The second-order valence-electron chi connectivity index (χ2n) is 7.19. The van der Waals surface area contributed by atoms with Gasteiger partial charge in [-0.2, -0.15) is 0 Å². The molecule has 0 saturated carbocycles. The Bertz CT molecular complexity index is 969. The van der Waals surface area contributed by atoms with E-state index in [9.17, 15) is 19.2 Å². The van der Waals surface area contributed by atoms with Crippen LogP contribution in [-0.2, 0) is 19.1 Å². The number of carbonyl (C=O) groups is 4. The first-order chi connectivity index (χ1) is 14.4. The van der Waals surface area contributed by atoms with Crippen molar-refractivity contribution in [2.45, 2.75) is 39.0 Å². The van der Waals surface area contributed by atoms with Crippen LogP contribution >= 0.6 is 0 Å². The molecule has 7 nitrogen and oxygen atoms in total. The Balaban J connectivity index is 1.62. The highest BCUT2D eigenvalue weighted by Crippen LogP contribution is 2.26. The van der Waals surface area contributed by atoms with Gasteiger partial charge in [-0.15, -0.1) is 0 Å². The number of nitrogens with zero attached hydrogens (tertiary/aromatic N) is 1. The van der Waals surface area contributed by atoms with Crippen LogP contribution in [0, 0.1) is 0 Å². The van der Waals surface area contributed by atoms with Gasteiger partial charge in [0.05, 0.1) is 11.3 Å². The predicted molar refractivity (Wildman–Crippen MR) is 112 cm³/mol. The van der Waals surface area contributed by atoms with Crippen LogP contribution in [0.25, 0.3) is 0 Å².